The molecular formula is C6H14N2O3. The summed E-state index contributed by atoms with van der Waals surface area (Å²) in [5.74, 6) is 0. The molecule has 0 atom stereocenters. The Morgan fingerprint density at radius 2 is 1.82 bits per heavy atom. The summed E-state index contributed by atoms with van der Waals surface area (Å²) < 4.78 is 9.48. The van der Waals surface area contributed by atoms with E-state index in [1.165, 1.54) is 19.1 Å². The van der Waals surface area contributed by atoms with Crippen molar-refractivity contribution < 1.29 is 14.3 Å². The third-order valence-electron chi connectivity index (χ3n) is 1.08. The number of rotatable bonds is 3. The van der Waals surface area contributed by atoms with Crippen molar-refractivity contribution in [2.24, 2.45) is 0 Å². The fourth-order valence-electron chi connectivity index (χ4n) is 0.444. The Balaban J connectivity index is 3.72. The lowest BCUT2D eigenvalue weighted by molar-refractivity contribution is -0.115. The number of nitrogens with one attached hydrogen (secondary N) is 1. The van der Waals surface area contributed by atoms with Crippen LogP contribution >= 0.6 is 0 Å². The van der Waals surface area contributed by atoms with Gasteiger partial charge in [0.05, 0.1) is 0 Å². The molecule has 1 N–H and O–H groups in total. The summed E-state index contributed by atoms with van der Waals surface area (Å²) in [6.07, 6.45) is -0.676. The molecule has 0 saturated heterocycles. The molecule has 0 saturated carbocycles. The number of carbonyl (C=O) groups excluding carboxylic acids is 1. The van der Waals surface area contributed by atoms with Gasteiger partial charge in [0, 0.05) is 28.3 Å². The SMILES string of the molecule is COC(NC(=O)N(C)C)OC. The highest BCUT2D eigenvalue weighted by Crippen LogP contribution is 1.86. The predicted molar refractivity (Wildman–Crippen MR) is 40.0 cm³/mol. The fourth-order valence-corrected chi connectivity index (χ4v) is 0.444. The van der Waals surface area contributed by atoms with E-state index in [0.717, 1.165) is 0 Å². The van der Waals surface area contributed by atoms with Gasteiger partial charge >= 0.3 is 6.03 Å². The van der Waals surface area contributed by atoms with Crippen LogP contribution in [0.5, 0.6) is 0 Å². The number of methoxy groups -OCH3 is 2. The Morgan fingerprint density at radius 3 is 2.09 bits per heavy atom. The summed E-state index contributed by atoms with van der Waals surface area (Å²) in [6.45, 7) is 0. The number of hydrogen-bond donors (Lipinski definition) is 1. The molecule has 66 valence electrons. The second-order valence-electron chi connectivity index (χ2n) is 2.15. The molecule has 5 heteroatoms. The van der Waals surface area contributed by atoms with Crippen LogP contribution in [0, 0.1) is 0 Å². The minimum absolute atomic E-state index is 0.251. The van der Waals surface area contributed by atoms with Gasteiger partial charge < -0.3 is 14.4 Å². The summed E-state index contributed by atoms with van der Waals surface area (Å²) in [5, 5.41) is 2.46. The zero-order valence-corrected chi connectivity index (χ0v) is 7.25. The maximum Gasteiger partial charge on any atom is 0.320 e. The number of ether oxygens (including phenoxy) is 2. The van der Waals surface area contributed by atoms with Gasteiger partial charge in [-0.25, -0.2) is 4.79 Å². The molecule has 5 nitrogen and oxygen atoms in total. The number of amides is 2. The minimum Gasteiger partial charge on any atom is -0.339 e. The largest absolute Gasteiger partial charge is 0.339 e. The highest BCUT2D eigenvalue weighted by atomic mass is 16.7. The molecule has 0 aliphatic heterocycles. The number of carbonyl (C=O) groups is 1. The van der Waals surface area contributed by atoms with Crippen LogP contribution in [0.3, 0.4) is 0 Å². The van der Waals surface area contributed by atoms with Gasteiger partial charge in [0.25, 0.3) is 0 Å². The van der Waals surface area contributed by atoms with Gasteiger partial charge in [-0.1, -0.05) is 0 Å². The molecule has 0 bridgehead atoms. The van der Waals surface area contributed by atoms with Crippen LogP contribution in [-0.4, -0.2) is 45.7 Å². The first-order valence-electron chi connectivity index (χ1n) is 3.15. The average molecular weight is 162 g/mol. The molecule has 0 aliphatic carbocycles. The van der Waals surface area contributed by atoms with Crippen LogP contribution in [0.4, 0.5) is 4.79 Å². The topological polar surface area (TPSA) is 50.8 Å². The van der Waals surface area contributed by atoms with Gasteiger partial charge in [-0.15, -0.1) is 0 Å². The Morgan fingerprint density at radius 1 is 1.36 bits per heavy atom. The van der Waals surface area contributed by atoms with Gasteiger partial charge in [-0.3, -0.25) is 5.32 Å². The lowest BCUT2D eigenvalue weighted by Crippen LogP contribution is -2.43. The molecule has 0 aromatic carbocycles. The molecule has 0 rings (SSSR count). The molecule has 2 amide bonds. The Bertz CT molecular complexity index is 123. The van der Waals surface area contributed by atoms with Crippen LogP contribution in [-0.2, 0) is 9.47 Å². The van der Waals surface area contributed by atoms with Crippen molar-refractivity contribution in [3.8, 4) is 0 Å². The molecule has 0 radical (unpaired) electrons. The van der Waals surface area contributed by atoms with Crippen molar-refractivity contribution in [1.82, 2.24) is 10.2 Å². The summed E-state index contributed by atoms with van der Waals surface area (Å²) >= 11 is 0. The third-order valence-corrected chi connectivity index (χ3v) is 1.08. The van der Waals surface area contributed by atoms with E-state index in [4.69, 9.17) is 9.47 Å². The Kier molecular flexibility index (Phi) is 4.56. The van der Waals surface area contributed by atoms with E-state index in [1.54, 1.807) is 14.1 Å². The van der Waals surface area contributed by atoms with Crippen LogP contribution in [0.25, 0.3) is 0 Å². The average Bonchev–Trinajstić information content (AvgIpc) is 1.99. The second kappa shape index (κ2) is 4.92. The maximum atomic E-state index is 10.9. The first kappa shape index (κ1) is 10.2. The van der Waals surface area contributed by atoms with E-state index in [0.29, 0.717) is 0 Å². The third kappa shape index (κ3) is 3.79. The quantitative estimate of drug-likeness (QED) is 0.586. The van der Waals surface area contributed by atoms with Crippen LogP contribution in [0.15, 0.2) is 0 Å². The fraction of sp³-hybridized carbons (Fsp3) is 0.833. The number of nitrogens with zero attached hydrogens (tertiary/aromatic N) is 1. The van der Waals surface area contributed by atoms with Gasteiger partial charge in [0.15, 0.2) is 0 Å². The molecule has 0 heterocycles. The molecular weight excluding hydrogens is 148 g/mol. The lowest BCUT2D eigenvalue weighted by Gasteiger charge is -2.17. The molecule has 0 aromatic rings. The van der Waals surface area contributed by atoms with Gasteiger partial charge in [0.1, 0.15) is 0 Å². The molecule has 0 spiro atoms. The molecule has 0 aromatic heterocycles. The molecule has 0 aliphatic rings. The van der Waals surface area contributed by atoms with E-state index in [9.17, 15) is 4.79 Å². The Labute approximate surface area is 66.3 Å². The monoisotopic (exact) mass is 162 g/mol. The normalized spacial score (nSPS) is 9.91. The predicted octanol–water partition coefficient (Wildman–Crippen LogP) is -0.166. The van der Waals surface area contributed by atoms with Crippen molar-refractivity contribution in [3.63, 3.8) is 0 Å². The molecule has 11 heavy (non-hydrogen) atoms. The number of hydrogen-bond acceptors (Lipinski definition) is 3. The van der Waals surface area contributed by atoms with Gasteiger partial charge in [-0.2, -0.15) is 0 Å². The van der Waals surface area contributed by atoms with Crippen molar-refractivity contribution in [3.05, 3.63) is 0 Å². The van der Waals surface area contributed by atoms with E-state index in [1.807, 2.05) is 0 Å². The second-order valence-corrected chi connectivity index (χ2v) is 2.15. The zero-order chi connectivity index (χ0) is 8.85. The summed E-state index contributed by atoms with van der Waals surface area (Å²) in [6, 6.07) is -0.251. The smallest absolute Gasteiger partial charge is 0.320 e. The summed E-state index contributed by atoms with van der Waals surface area (Å²) in [4.78, 5) is 12.3. The van der Waals surface area contributed by atoms with Gasteiger partial charge in [-0.05, 0) is 0 Å². The first-order valence-corrected chi connectivity index (χ1v) is 3.15. The summed E-state index contributed by atoms with van der Waals surface area (Å²) in [5.41, 5.74) is 0. The molecule has 0 fully saturated rings. The number of urea groups is 1. The Hall–Kier alpha value is -0.810. The maximum absolute atomic E-state index is 10.9. The minimum atomic E-state index is -0.676. The van der Waals surface area contributed by atoms with E-state index in [-0.39, 0.29) is 6.03 Å². The first-order chi connectivity index (χ1) is 5.11. The van der Waals surface area contributed by atoms with E-state index < -0.39 is 6.41 Å². The highest BCUT2D eigenvalue weighted by molar-refractivity contribution is 5.73. The van der Waals surface area contributed by atoms with Crippen molar-refractivity contribution in [1.29, 1.82) is 0 Å². The van der Waals surface area contributed by atoms with E-state index in [2.05, 4.69) is 5.32 Å². The van der Waals surface area contributed by atoms with E-state index >= 15 is 0 Å². The summed E-state index contributed by atoms with van der Waals surface area (Å²) in [7, 11) is 6.17. The van der Waals surface area contributed by atoms with Crippen LogP contribution < -0.4 is 5.32 Å². The lowest BCUT2D eigenvalue weighted by atomic mass is 10.8. The van der Waals surface area contributed by atoms with Crippen molar-refractivity contribution >= 4 is 6.03 Å². The van der Waals surface area contributed by atoms with Gasteiger partial charge in [0.2, 0.25) is 6.41 Å². The van der Waals surface area contributed by atoms with Crippen LogP contribution in [0.1, 0.15) is 0 Å². The van der Waals surface area contributed by atoms with Crippen molar-refractivity contribution in [2.45, 2.75) is 6.41 Å². The standard InChI is InChI=1S/C6H14N2O3/c1-8(2)5(9)7-6(10-3)11-4/h6H,1-4H3,(H,7,9). The van der Waals surface area contributed by atoms with Crippen LogP contribution in [0.2, 0.25) is 0 Å². The molecule has 0 unspecified atom stereocenters. The zero-order valence-electron chi connectivity index (χ0n) is 7.25. The highest BCUT2D eigenvalue weighted by Gasteiger charge is 2.09. The van der Waals surface area contributed by atoms with Crippen molar-refractivity contribution in [2.75, 3.05) is 28.3 Å².